The van der Waals surface area contributed by atoms with Crippen LogP contribution < -0.4 is 5.32 Å². The van der Waals surface area contributed by atoms with E-state index in [4.69, 9.17) is 4.74 Å². The zero-order chi connectivity index (χ0) is 18.5. The first-order valence-corrected chi connectivity index (χ1v) is 8.57. The number of carbonyl (C=O) groups excluding carboxylic acids is 1. The van der Waals surface area contributed by atoms with Gasteiger partial charge in [0.15, 0.2) is 0 Å². The molecule has 0 saturated carbocycles. The van der Waals surface area contributed by atoms with Crippen LogP contribution in [0.25, 0.3) is 11.0 Å². The highest BCUT2D eigenvalue weighted by atomic mass is 16.5. The summed E-state index contributed by atoms with van der Waals surface area (Å²) in [7, 11) is 0. The van der Waals surface area contributed by atoms with E-state index in [0.717, 1.165) is 16.6 Å². The van der Waals surface area contributed by atoms with Gasteiger partial charge in [0.2, 0.25) is 0 Å². The molecule has 3 rings (SSSR count). The lowest BCUT2D eigenvalue weighted by atomic mass is 10.1. The largest absolute Gasteiger partial charge is 0.445 e. The van der Waals surface area contributed by atoms with Crippen LogP contribution >= 0.6 is 0 Å². The van der Waals surface area contributed by atoms with Crippen molar-refractivity contribution in [2.45, 2.75) is 33.1 Å². The van der Waals surface area contributed by atoms with Crippen molar-refractivity contribution in [2.24, 2.45) is 0 Å². The van der Waals surface area contributed by atoms with Crippen LogP contribution in [0.1, 0.15) is 16.7 Å². The Labute approximate surface area is 152 Å². The first-order valence-electron chi connectivity index (χ1n) is 8.57. The molecule has 0 radical (unpaired) electrons. The molecule has 26 heavy (non-hydrogen) atoms. The number of rotatable bonds is 6. The van der Waals surface area contributed by atoms with Gasteiger partial charge in [-0.15, -0.1) is 0 Å². The highest BCUT2D eigenvalue weighted by Gasteiger charge is 2.12. The van der Waals surface area contributed by atoms with Gasteiger partial charge < -0.3 is 19.7 Å². The lowest BCUT2D eigenvalue weighted by Crippen LogP contribution is -2.34. The van der Waals surface area contributed by atoms with Gasteiger partial charge in [-0.05, 0) is 42.7 Å². The maximum Gasteiger partial charge on any atom is 0.407 e. The number of hydrogen-bond acceptors (Lipinski definition) is 4. The Kier molecular flexibility index (Phi) is 5.53. The number of amides is 1. The van der Waals surface area contributed by atoms with E-state index in [9.17, 15) is 9.90 Å². The van der Waals surface area contributed by atoms with Crippen LogP contribution in [0.15, 0.2) is 48.8 Å². The Bertz CT molecular complexity index is 890. The second-order valence-corrected chi connectivity index (χ2v) is 6.42. The lowest BCUT2D eigenvalue weighted by Gasteiger charge is -2.14. The van der Waals surface area contributed by atoms with Crippen LogP contribution in [0, 0.1) is 13.8 Å². The summed E-state index contributed by atoms with van der Waals surface area (Å²) in [4.78, 5) is 16.1. The highest BCUT2D eigenvalue weighted by molar-refractivity contribution is 5.77. The van der Waals surface area contributed by atoms with Gasteiger partial charge in [0, 0.05) is 6.54 Å². The number of benzene rings is 2. The number of nitrogens with one attached hydrogen (secondary N) is 1. The van der Waals surface area contributed by atoms with E-state index >= 15 is 0 Å². The van der Waals surface area contributed by atoms with Crippen molar-refractivity contribution in [3.05, 3.63) is 65.5 Å². The standard InChI is InChI=1S/C20H23N3O3/c1-14-8-18-19(9-15(14)2)23(13-22-18)11-17(24)10-21-20(25)26-12-16-6-4-3-5-7-16/h3-9,13,17,24H,10-12H2,1-2H3,(H,21,25). The summed E-state index contributed by atoms with van der Waals surface area (Å²) < 4.78 is 7.02. The molecule has 0 saturated heterocycles. The number of ether oxygens (including phenoxy) is 1. The molecule has 136 valence electrons. The molecular formula is C20H23N3O3. The third-order valence-electron chi connectivity index (χ3n) is 4.34. The minimum absolute atomic E-state index is 0.109. The molecule has 6 nitrogen and oxygen atoms in total. The van der Waals surface area contributed by atoms with Gasteiger partial charge in [-0.2, -0.15) is 0 Å². The van der Waals surface area contributed by atoms with E-state index in [2.05, 4.69) is 16.4 Å². The van der Waals surface area contributed by atoms with Crippen molar-refractivity contribution in [1.29, 1.82) is 0 Å². The quantitative estimate of drug-likeness (QED) is 0.714. The Balaban J connectivity index is 1.50. The van der Waals surface area contributed by atoms with Crippen LogP contribution in [-0.4, -0.2) is 33.4 Å². The Morgan fingerprint density at radius 2 is 1.96 bits per heavy atom. The summed E-state index contributed by atoms with van der Waals surface area (Å²) in [5.74, 6) is 0. The van der Waals surface area contributed by atoms with E-state index in [-0.39, 0.29) is 13.2 Å². The average molecular weight is 353 g/mol. The third kappa shape index (κ3) is 4.40. The maximum atomic E-state index is 11.8. The van der Waals surface area contributed by atoms with Crippen molar-refractivity contribution in [3.63, 3.8) is 0 Å². The number of carbonyl (C=O) groups is 1. The van der Waals surface area contributed by atoms with Crippen molar-refractivity contribution < 1.29 is 14.6 Å². The van der Waals surface area contributed by atoms with Crippen LogP contribution in [0.4, 0.5) is 4.79 Å². The molecule has 1 aromatic heterocycles. The summed E-state index contributed by atoms with van der Waals surface area (Å²) in [6.07, 6.45) is 0.425. The number of imidazole rings is 1. The van der Waals surface area contributed by atoms with Crippen molar-refractivity contribution in [1.82, 2.24) is 14.9 Å². The molecule has 2 N–H and O–H groups in total. The number of aliphatic hydroxyl groups excluding tert-OH is 1. The number of aromatic nitrogens is 2. The molecule has 0 bridgehead atoms. The zero-order valence-electron chi connectivity index (χ0n) is 15.0. The minimum Gasteiger partial charge on any atom is -0.445 e. The van der Waals surface area contributed by atoms with Gasteiger partial charge in [-0.1, -0.05) is 30.3 Å². The third-order valence-corrected chi connectivity index (χ3v) is 4.34. The Morgan fingerprint density at radius 3 is 2.73 bits per heavy atom. The number of aliphatic hydroxyl groups is 1. The van der Waals surface area contributed by atoms with E-state index in [1.165, 1.54) is 11.1 Å². The number of aryl methyl sites for hydroxylation is 2. The molecule has 1 atom stereocenters. The molecule has 1 unspecified atom stereocenters. The summed E-state index contributed by atoms with van der Waals surface area (Å²) in [5, 5.41) is 12.8. The van der Waals surface area contributed by atoms with Gasteiger partial charge in [0.1, 0.15) is 6.61 Å². The van der Waals surface area contributed by atoms with Gasteiger partial charge in [0.05, 0.1) is 30.0 Å². The summed E-state index contributed by atoms with van der Waals surface area (Å²) >= 11 is 0. The molecule has 0 spiro atoms. The molecule has 1 heterocycles. The van der Waals surface area contributed by atoms with Crippen LogP contribution in [0.5, 0.6) is 0 Å². The Morgan fingerprint density at radius 1 is 1.23 bits per heavy atom. The average Bonchev–Trinajstić information content (AvgIpc) is 3.01. The molecule has 3 aromatic rings. The minimum atomic E-state index is -0.738. The lowest BCUT2D eigenvalue weighted by molar-refractivity contribution is 0.120. The maximum absolute atomic E-state index is 11.8. The summed E-state index contributed by atoms with van der Waals surface area (Å²) in [6, 6.07) is 13.5. The van der Waals surface area contributed by atoms with Crippen molar-refractivity contribution >= 4 is 17.1 Å². The molecule has 2 aromatic carbocycles. The normalized spacial score (nSPS) is 12.1. The smallest absolute Gasteiger partial charge is 0.407 e. The molecule has 0 aliphatic rings. The van der Waals surface area contributed by atoms with Gasteiger partial charge in [-0.3, -0.25) is 0 Å². The fourth-order valence-corrected chi connectivity index (χ4v) is 2.73. The van der Waals surface area contributed by atoms with Crippen LogP contribution in [-0.2, 0) is 17.9 Å². The van der Waals surface area contributed by atoms with Gasteiger partial charge >= 0.3 is 6.09 Å². The topological polar surface area (TPSA) is 76.4 Å². The molecule has 1 amide bonds. The molecule has 6 heteroatoms. The fraction of sp³-hybridized carbons (Fsp3) is 0.300. The monoisotopic (exact) mass is 353 g/mol. The highest BCUT2D eigenvalue weighted by Crippen LogP contribution is 2.18. The SMILES string of the molecule is Cc1cc2ncn(CC(O)CNC(=O)OCc3ccccc3)c2cc1C. The molecule has 0 fully saturated rings. The second kappa shape index (κ2) is 8.01. The summed E-state index contributed by atoms with van der Waals surface area (Å²) in [5.41, 5.74) is 5.15. The van der Waals surface area contributed by atoms with Gasteiger partial charge in [-0.25, -0.2) is 9.78 Å². The predicted molar refractivity (Wildman–Crippen MR) is 99.8 cm³/mol. The first-order chi connectivity index (χ1) is 12.5. The second-order valence-electron chi connectivity index (χ2n) is 6.42. The number of fused-ring (bicyclic) bond motifs is 1. The van der Waals surface area contributed by atoms with Crippen LogP contribution in [0.2, 0.25) is 0 Å². The molecule has 0 aliphatic heterocycles. The zero-order valence-corrected chi connectivity index (χ0v) is 15.0. The first kappa shape index (κ1) is 17.9. The fourth-order valence-electron chi connectivity index (χ4n) is 2.73. The molecule has 0 aliphatic carbocycles. The van der Waals surface area contributed by atoms with E-state index in [1.807, 2.05) is 54.8 Å². The number of hydrogen-bond donors (Lipinski definition) is 2. The summed E-state index contributed by atoms with van der Waals surface area (Å²) in [6.45, 7) is 4.75. The van der Waals surface area contributed by atoms with E-state index in [0.29, 0.717) is 6.54 Å². The van der Waals surface area contributed by atoms with Crippen LogP contribution in [0.3, 0.4) is 0 Å². The van der Waals surface area contributed by atoms with Gasteiger partial charge in [0.25, 0.3) is 0 Å². The number of nitrogens with zero attached hydrogens (tertiary/aromatic N) is 2. The van der Waals surface area contributed by atoms with Crippen molar-refractivity contribution in [3.8, 4) is 0 Å². The van der Waals surface area contributed by atoms with E-state index < -0.39 is 12.2 Å². The predicted octanol–water partition coefficient (Wildman–Crippen LogP) is 2.94. The molecular weight excluding hydrogens is 330 g/mol. The van der Waals surface area contributed by atoms with Crippen molar-refractivity contribution in [2.75, 3.05) is 6.54 Å². The number of alkyl carbamates (subject to hydrolysis) is 1. The van der Waals surface area contributed by atoms with E-state index in [1.54, 1.807) is 6.33 Å². The Hall–Kier alpha value is -2.86.